The summed E-state index contributed by atoms with van der Waals surface area (Å²) in [6.45, 7) is 0.507. The number of aliphatic hydroxyl groups excluding tert-OH is 4. The van der Waals surface area contributed by atoms with E-state index >= 15 is 0 Å². The first-order chi connectivity index (χ1) is 16.7. The van der Waals surface area contributed by atoms with Crippen molar-refractivity contribution >= 4 is 13.8 Å². The molecule has 0 amide bonds. The second-order valence-electron chi connectivity index (χ2n) is 8.44. The van der Waals surface area contributed by atoms with E-state index in [9.17, 15) is 9.36 Å². The van der Waals surface area contributed by atoms with Crippen LogP contribution in [0.5, 0.6) is 0 Å². The molecule has 0 bridgehead atoms. The van der Waals surface area contributed by atoms with E-state index in [0.717, 1.165) is 38.5 Å². The number of carbonyl (C=O) groups excluding carboxylic acids is 1. The summed E-state index contributed by atoms with van der Waals surface area (Å²) in [6, 6.07) is 0. The number of phosphoric acid groups is 1. The van der Waals surface area contributed by atoms with Gasteiger partial charge in [0.15, 0.2) is 0 Å². The van der Waals surface area contributed by atoms with E-state index in [0.29, 0.717) is 0 Å². The number of esters is 1. The third-order valence-corrected chi connectivity index (χ3v) is 5.56. The molecule has 0 aliphatic rings. The summed E-state index contributed by atoms with van der Waals surface area (Å²) < 4.78 is 19.9. The van der Waals surface area contributed by atoms with E-state index in [2.05, 4.69) is 23.6 Å². The van der Waals surface area contributed by atoms with Gasteiger partial charge in [-0.1, -0.05) is 70.4 Å². The maximum absolute atomic E-state index is 11.6. The molecule has 1 atom stereocenters. The highest BCUT2D eigenvalue weighted by Crippen LogP contribution is 2.37. The highest BCUT2D eigenvalue weighted by atomic mass is 31.2. The summed E-state index contributed by atoms with van der Waals surface area (Å²) in [4.78, 5) is 28.9. The van der Waals surface area contributed by atoms with Gasteiger partial charge < -0.3 is 34.9 Å². The molecule has 1 unspecified atom stereocenters. The zero-order valence-corrected chi connectivity index (χ0v) is 22.2. The van der Waals surface area contributed by atoms with Crippen molar-refractivity contribution in [1.82, 2.24) is 0 Å². The standard InChI is InChI=1S/C21H41O7P.C3H8O3/c1-2-3-4-5-6-7-8-9-10-11-12-13-14-15-16-17-21(23)27-19-20(18-22)28-29(24,25)26;4-1-3(6)2-5/h9-10,20,22H,2-8,11-19H2,1H3,(H2,24,25,26);3-6H,1-2H2/b10-9-;. The van der Waals surface area contributed by atoms with Gasteiger partial charge in [-0.05, 0) is 32.1 Å². The number of hydrogen-bond acceptors (Lipinski definition) is 8. The molecule has 0 aliphatic carbocycles. The quantitative estimate of drug-likeness (QED) is 0.0529. The molecular formula is C24H49O10P. The first-order valence-electron chi connectivity index (χ1n) is 12.7. The van der Waals surface area contributed by atoms with Crippen molar-refractivity contribution in [2.75, 3.05) is 26.4 Å². The van der Waals surface area contributed by atoms with E-state index in [1.54, 1.807) is 0 Å². The summed E-state index contributed by atoms with van der Waals surface area (Å²) in [6.07, 6.45) is 18.0. The molecule has 0 aromatic carbocycles. The molecular weight excluding hydrogens is 479 g/mol. The van der Waals surface area contributed by atoms with E-state index in [4.69, 9.17) is 34.9 Å². The number of unbranched alkanes of at least 4 members (excludes halogenated alkanes) is 11. The lowest BCUT2D eigenvalue weighted by Gasteiger charge is -2.15. The fourth-order valence-corrected chi connectivity index (χ4v) is 3.48. The van der Waals surface area contributed by atoms with Gasteiger partial charge in [-0.25, -0.2) is 4.57 Å². The monoisotopic (exact) mass is 528 g/mol. The van der Waals surface area contributed by atoms with Gasteiger partial charge >= 0.3 is 13.8 Å². The van der Waals surface area contributed by atoms with Crippen LogP contribution in [0.15, 0.2) is 12.2 Å². The summed E-state index contributed by atoms with van der Waals surface area (Å²) in [5, 5.41) is 33.0. The van der Waals surface area contributed by atoms with Gasteiger partial charge in [-0.2, -0.15) is 0 Å². The largest absolute Gasteiger partial charge is 0.470 e. The number of aliphatic hydroxyl groups is 4. The fraction of sp³-hybridized carbons (Fsp3) is 0.875. The molecule has 0 fully saturated rings. The van der Waals surface area contributed by atoms with E-state index in [1.165, 1.54) is 44.9 Å². The number of carbonyl (C=O) groups is 1. The smallest absolute Gasteiger partial charge is 0.463 e. The summed E-state index contributed by atoms with van der Waals surface area (Å²) >= 11 is 0. The molecule has 11 heteroatoms. The Morgan fingerprint density at radius 2 is 1.29 bits per heavy atom. The molecule has 0 saturated carbocycles. The molecule has 0 rings (SSSR count). The van der Waals surface area contributed by atoms with Crippen molar-refractivity contribution in [3.05, 3.63) is 12.2 Å². The predicted octanol–water partition coefficient (Wildman–Crippen LogP) is 3.37. The van der Waals surface area contributed by atoms with Gasteiger partial charge in [-0.15, -0.1) is 0 Å². The SMILES string of the molecule is CCCCCCCC/C=C\CCCCCCCC(=O)OCC(CO)OP(=O)(O)O.OCC(O)CO. The van der Waals surface area contributed by atoms with Crippen LogP contribution in [0, 0.1) is 0 Å². The molecule has 0 spiro atoms. The molecule has 0 aromatic heterocycles. The number of ether oxygens (including phenoxy) is 1. The molecule has 0 radical (unpaired) electrons. The fourth-order valence-electron chi connectivity index (χ4n) is 2.97. The molecule has 0 aliphatic heterocycles. The third-order valence-electron chi connectivity index (χ3n) is 4.98. The molecule has 0 heterocycles. The van der Waals surface area contributed by atoms with Crippen molar-refractivity contribution in [1.29, 1.82) is 0 Å². The van der Waals surface area contributed by atoms with Crippen LogP contribution >= 0.6 is 7.82 Å². The Morgan fingerprint density at radius 1 is 0.800 bits per heavy atom. The predicted molar refractivity (Wildman–Crippen MR) is 135 cm³/mol. The maximum Gasteiger partial charge on any atom is 0.470 e. The molecule has 6 N–H and O–H groups in total. The molecule has 210 valence electrons. The van der Waals surface area contributed by atoms with Crippen molar-refractivity contribution in [2.24, 2.45) is 0 Å². The third kappa shape index (κ3) is 31.1. The van der Waals surface area contributed by atoms with E-state index in [-0.39, 0.29) is 26.2 Å². The normalized spacial score (nSPS) is 12.6. The lowest BCUT2D eigenvalue weighted by atomic mass is 10.1. The van der Waals surface area contributed by atoms with Crippen LogP contribution in [0.3, 0.4) is 0 Å². The van der Waals surface area contributed by atoms with E-state index in [1.807, 2.05) is 0 Å². The van der Waals surface area contributed by atoms with Gasteiger partial charge in [0.1, 0.15) is 18.8 Å². The lowest BCUT2D eigenvalue weighted by molar-refractivity contribution is -0.147. The van der Waals surface area contributed by atoms with Crippen LogP contribution in [-0.2, 0) is 18.6 Å². The first kappa shape index (κ1) is 36.3. The first-order valence-corrected chi connectivity index (χ1v) is 14.3. The van der Waals surface area contributed by atoms with Crippen molar-refractivity contribution in [3.63, 3.8) is 0 Å². The lowest BCUT2D eigenvalue weighted by Crippen LogP contribution is -2.24. The molecule has 0 saturated heterocycles. The summed E-state index contributed by atoms with van der Waals surface area (Å²) in [5.41, 5.74) is 0. The number of hydrogen-bond donors (Lipinski definition) is 6. The van der Waals surface area contributed by atoms with Crippen molar-refractivity contribution < 1.29 is 48.8 Å². The topological polar surface area (TPSA) is 174 Å². The minimum Gasteiger partial charge on any atom is -0.463 e. The van der Waals surface area contributed by atoms with Crippen molar-refractivity contribution in [2.45, 2.75) is 109 Å². The van der Waals surface area contributed by atoms with Gasteiger partial charge in [0.25, 0.3) is 0 Å². The summed E-state index contributed by atoms with van der Waals surface area (Å²) in [5.74, 6) is -0.449. The highest BCUT2D eigenvalue weighted by Gasteiger charge is 2.22. The molecule has 0 aromatic rings. The number of rotatable bonds is 22. The van der Waals surface area contributed by atoms with Gasteiger partial charge in [0, 0.05) is 6.42 Å². The Kier molecular flexibility index (Phi) is 27.2. The Labute approximate surface area is 210 Å². The van der Waals surface area contributed by atoms with Crippen LogP contribution < -0.4 is 0 Å². The molecule has 35 heavy (non-hydrogen) atoms. The van der Waals surface area contributed by atoms with Crippen LogP contribution in [0.4, 0.5) is 0 Å². The van der Waals surface area contributed by atoms with Crippen LogP contribution in [-0.4, -0.2) is 74.8 Å². The van der Waals surface area contributed by atoms with Gasteiger partial charge in [0.2, 0.25) is 0 Å². The minimum atomic E-state index is -4.71. The van der Waals surface area contributed by atoms with Crippen LogP contribution in [0.25, 0.3) is 0 Å². The van der Waals surface area contributed by atoms with Crippen LogP contribution in [0.2, 0.25) is 0 Å². The average Bonchev–Trinajstić information content (AvgIpc) is 2.83. The minimum absolute atomic E-state index is 0.256. The highest BCUT2D eigenvalue weighted by molar-refractivity contribution is 7.46. The maximum atomic E-state index is 11.6. The van der Waals surface area contributed by atoms with Gasteiger partial charge in [-0.3, -0.25) is 9.32 Å². The zero-order chi connectivity index (χ0) is 26.8. The van der Waals surface area contributed by atoms with Crippen LogP contribution in [0.1, 0.15) is 96.8 Å². The zero-order valence-electron chi connectivity index (χ0n) is 21.3. The Balaban J connectivity index is 0. The second kappa shape index (κ2) is 26.2. The number of phosphoric ester groups is 1. The second-order valence-corrected chi connectivity index (χ2v) is 9.63. The van der Waals surface area contributed by atoms with Crippen molar-refractivity contribution in [3.8, 4) is 0 Å². The van der Waals surface area contributed by atoms with Gasteiger partial charge in [0.05, 0.1) is 19.8 Å². The van der Waals surface area contributed by atoms with E-state index < -0.39 is 32.6 Å². The Morgan fingerprint density at radius 3 is 1.71 bits per heavy atom. The Hall–Kier alpha value is -0.840. The summed E-state index contributed by atoms with van der Waals surface area (Å²) in [7, 11) is -4.71. The number of allylic oxidation sites excluding steroid dienone is 2. The molecule has 10 nitrogen and oxygen atoms in total. The Bertz CT molecular complexity index is 534. The average molecular weight is 529 g/mol.